The molecule has 2 aliphatic heterocycles. The summed E-state index contributed by atoms with van der Waals surface area (Å²) in [5.41, 5.74) is 2.59. The highest BCUT2D eigenvalue weighted by Crippen LogP contribution is 2.34. The quantitative estimate of drug-likeness (QED) is 0.637. The van der Waals surface area contributed by atoms with E-state index < -0.39 is 5.82 Å². The normalized spacial score (nSPS) is 21.5. The average Bonchev–Trinajstić information content (AvgIpc) is 3.20. The molecule has 0 unspecified atom stereocenters. The Hall–Kier alpha value is -3.23. The number of halogens is 1. The Kier molecular flexibility index (Phi) is 3.71. The molecule has 3 aromatic rings. The van der Waals surface area contributed by atoms with Crippen molar-refractivity contribution in [3.63, 3.8) is 0 Å². The van der Waals surface area contributed by atoms with E-state index >= 15 is 0 Å². The largest absolute Gasteiger partial charge is 0.473 e. The lowest BCUT2D eigenvalue weighted by Gasteiger charge is -2.25. The van der Waals surface area contributed by atoms with Crippen LogP contribution in [-0.4, -0.2) is 44.2 Å². The van der Waals surface area contributed by atoms with Gasteiger partial charge in [-0.15, -0.1) is 0 Å². The number of amides is 1. The van der Waals surface area contributed by atoms with Crippen LogP contribution in [0.4, 0.5) is 10.2 Å². The first-order chi connectivity index (χ1) is 13.5. The van der Waals surface area contributed by atoms with Crippen molar-refractivity contribution in [3.05, 3.63) is 47.2 Å². The number of fused-ring (bicyclic) bond motifs is 1. The average molecular weight is 382 g/mol. The maximum atomic E-state index is 13.9. The van der Waals surface area contributed by atoms with Crippen molar-refractivity contribution in [2.24, 2.45) is 0 Å². The van der Waals surface area contributed by atoms with E-state index in [-0.39, 0.29) is 24.6 Å². The molecule has 0 saturated carbocycles. The number of hydrogen-bond acceptors (Lipinski definition) is 6. The molecular weight excluding hydrogens is 363 g/mol. The predicted octanol–water partition coefficient (Wildman–Crippen LogP) is 1.73. The molecule has 0 aromatic carbocycles. The molecule has 1 N–H and O–H groups in total. The van der Waals surface area contributed by atoms with Gasteiger partial charge in [0.25, 0.3) is 5.91 Å². The van der Waals surface area contributed by atoms with Crippen LogP contribution in [0, 0.1) is 5.82 Å². The van der Waals surface area contributed by atoms with E-state index in [0.29, 0.717) is 29.2 Å². The second-order valence-corrected chi connectivity index (χ2v) is 7.35. The Labute approximate surface area is 160 Å². The van der Waals surface area contributed by atoms with Gasteiger partial charge in [0, 0.05) is 23.4 Å². The molecular formula is C19H19FN6O2. The summed E-state index contributed by atoms with van der Waals surface area (Å²) in [6, 6.07) is 1.60. The number of carbonyl (C=O) groups excluding carboxylic acids is 1. The van der Waals surface area contributed by atoms with E-state index in [1.165, 1.54) is 12.3 Å². The van der Waals surface area contributed by atoms with Gasteiger partial charge in [-0.2, -0.15) is 5.10 Å². The summed E-state index contributed by atoms with van der Waals surface area (Å²) in [6.45, 7) is 4.61. The lowest BCUT2D eigenvalue weighted by molar-refractivity contribution is 0.0932. The first-order valence-corrected chi connectivity index (χ1v) is 9.23. The minimum atomic E-state index is -0.416. The molecule has 0 aliphatic carbocycles. The molecule has 0 fully saturated rings. The highest BCUT2D eigenvalue weighted by atomic mass is 19.1. The molecule has 0 saturated heterocycles. The summed E-state index contributed by atoms with van der Waals surface area (Å²) < 4.78 is 21.5. The number of ether oxygens (including phenoxy) is 1. The zero-order valence-corrected chi connectivity index (χ0v) is 15.5. The Morgan fingerprint density at radius 3 is 3.00 bits per heavy atom. The summed E-state index contributed by atoms with van der Waals surface area (Å²) in [5.74, 6) is 0.465. The number of pyridine rings is 1. The molecule has 2 bridgehead atoms. The summed E-state index contributed by atoms with van der Waals surface area (Å²) in [6.07, 6.45) is 5.03. The fourth-order valence-electron chi connectivity index (χ4n) is 3.80. The Balaban J connectivity index is 1.68. The van der Waals surface area contributed by atoms with Gasteiger partial charge >= 0.3 is 0 Å². The summed E-state index contributed by atoms with van der Waals surface area (Å²) in [5, 5.41) is 7.13. The zero-order chi connectivity index (χ0) is 19.4. The van der Waals surface area contributed by atoms with E-state index in [1.807, 2.05) is 13.1 Å². The molecule has 5 rings (SSSR count). The van der Waals surface area contributed by atoms with Gasteiger partial charge in [0.2, 0.25) is 5.88 Å². The smallest absolute Gasteiger partial charge is 0.256 e. The molecule has 0 radical (unpaired) electrons. The van der Waals surface area contributed by atoms with Crippen LogP contribution in [-0.2, 0) is 13.0 Å². The standard InChI is InChI=1S/C19H19FN6O2/c1-10-3-12-9-26-17-15(7-23-26)18(27)21-5-11(2)28-19-13(4-14(20)6-22-19)8-25(10)16(12)24-17/h4,6-7,9-11H,3,5,8H2,1-2H3,(H,21,27)/t10-,11+/m1/s1. The first kappa shape index (κ1) is 16.9. The van der Waals surface area contributed by atoms with Crippen molar-refractivity contribution in [2.45, 2.75) is 39.0 Å². The predicted molar refractivity (Wildman–Crippen MR) is 99.0 cm³/mol. The van der Waals surface area contributed by atoms with Crippen LogP contribution in [0.15, 0.2) is 24.7 Å². The minimum absolute atomic E-state index is 0.158. The summed E-state index contributed by atoms with van der Waals surface area (Å²) in [4.78, 5) is 23.6. The highest BCUT2D eigenvalue weighted by molar-refractivity contribution is 5.99. The van der Waals surface area contributed by atoms with Crippen molar-refractivity contribution in [3.8, 4) is 5.88 Å². The molecule has 5 heterocycles. The van der Waals surface area contributed by atoms with Gasteiger partial charge in [0.15, 0.2) is 5.65 Å². The highest BCUT2D eigenvalue weighted by Gasteiger charge is 2.31. The topological polar surface area (TPSA) is 84.7 Å². The number of rotatable bonds is 0. The molecule has 144 valence electrons. The van der Waals surface area contributed by atoms with Crippen LogP contribution < -0.4 is 15.0 Å². The fraction of sp³-hybridized carbons (Fsp3) is 0.368. The van der Waals surface area contributed by atoms with Gasteiger partial charge in [-0.25, -0.2) is 18.9 Å². The van der Waals surface area contributed by atoms with Crippen LogP contribution in [0.2, 0.25) is 0 Å². The van der Waals surface area contributed by atoms with Gasteiger partial charge in [-0.3, -0.25) is 4.79 Å². The van der Waals surface area contributed by atoms with Gasteiger partial charge < -0.3 is 15.0 Å². The number of anilines is 1. The van der Waals surface area contributed by atoms with Crippen molar-refractivity contribution in [2.75, 3.05) is 11.4 Å². The molecule has 8 nitrogen and oxygen atoms in total. The third-order valence-corrected chi connectivity index (χ3v) is 5.21. The number of hydrogen-bond donors (Lipinski definition) is 1. The van der Waals surface area contributed by atoms with E-state index in [9.17, 15) is 9.18 Å². The maximum Gasteiger partial charge on any atom is 0.256 e. The third-order valence-electron chi connectivity index (χ3n) is 5.21. The summed E-state index contributed by atoms with van der Waals surface area (Å²) in [7, 11) is 0. The van der Waals surface area contributed by atoms with Crippen LogP contribution in [0.5, 0.6) is 5.88 Å². The summed E-state index contributed by atoms with van der Waals surface area (Å²) >= 11 is 0. The molecule has 28 heavy (non-hydrogen) atoms. The third kappa shape index (κ3) is 2.65. The van der Waals surface area contributed by atoms with Crippen molar-refractivity contribution < 1.29 is 13.9 Å². The monoisotopic (exact) mass is 382 g/mol. The Morgan fingerprint density at radius 2 is 2.14 bits per heavy atom. The second kappa shape index (κ2) is 6.15. The lowest BCUT2D eigenvalue weighted by Crippen LogP contribution is -2.34. The van der Waals surface area contributed by atoms with Gasteiger partial charge in [0.05, 0.1) is 25.5 Å². The van der Waals surface area contributed by atoms with Crippen LogP contribution >= 0.6 is 0 Å². The number of nitrogens with one attached hydrogen (secondary N) is 1. The van der Waals surface area contributed by atoms with E-state index in [2.05, 4.69) is 27.2 Å². The Bertz CT molecular complexity index is 1100. The van der Waals surface area contributed by atoms with Crippen LogP contribution in [0.1, 0.15) is 35.3 Å². The van der Waals surface area contributed by atoms with Crippen LogP contribution in [0.3, 0.4) is 0 Å². The molecule has 3 aromatic heterocycles. The lowest BCUT2D eigenvalue weighted by atomic mass is 10.2. The first-order valence-electron chi connectivity index (χ1n) is 9.23. The fourth-order valence-corrected chi connectivity index (χ4v) is 3.80. The van der Waals surface area contributed by atoms with Gasteiger partial charge in [-0.1, -0.05) is 0 Å². The van der Waals surface area contributed by atoms with Crippen molar-refractivity contribution in [1.29, 1.82) is 0 Å². The van der Waals surface area contributed by atoms with Gasteiger partial charge in [-0.05, 0) is 26.3 Å². The van der Waals surface area contributed by atoms with E-state index in [1.54, 1.807) is 4.52 Å². The van der Waals surface area contributed by atoms with Gasteiger partial charge in [0.1, 0.15) is 23.3 Å². The number of nitrogens with zero attached hydrogens (tertiary/aromatic N) is 5. The number of carbonyl (C=O) groups is 1. The second-order valence-electron chi connectivity index (χ2n) is 7.35. The SMILES string of the molecule is C[C@@H]1Cc2cn3ncc4c3nc2N1Cc1cc(F)cnc1O[C@@H](C)CNC4=O. The van der Waals surface area contributed by atoms with Crippen molar-refractivity contribution >= 4 is 17.4 Å². The van der Waals surface area contributed by atoms with Crippen molar-refractivity contribution in [1.82, 2.24) is 24.9 Å². The van der Waals surface area contributed by atoms with Crippen LogP contribution in [0.25, 0.3) is 5.65 Å². The molecule has 9 heteroatoms. The van der Waals surface area contributed by atoms with E-state index in [4.69, 9.17) is 9.72 Å². The molecule has 2 atom stereocenters. The molecule has 1 amide bonds. The maximum absolute atomic E-state index is 13.9. The molecule has 0 spiro atoms. The molecule has 2 aliphatic rings. The van der Waals surface area contributed by atoms with E-state index in [0.717, 1.165) is 24.0 Å². The minimum Gasteiger partial charge on any atom is -0.473 e. The number of aromatic nitrogens is 4. The Morgan fingerprint density at radius 1 is 1.29 bits per heavy atom. The zero-order valence-electron chi connectivity index (χ0n) is 15.5.